The maximum atomic E-state index is 5.39. The van der Waals surface area contributed by atoms with Gasteiger partial charge in [-0.2, -0.15) is 0 Å². The highest BCUT2D eigenvalue weighted by atomic mass is 15.0. The monoisotopic (exact) mass is 691 g/mol. The molecule has 256 valence electrons. The lowest BCUT2D eigenvalue weighted by Crippen LogP contribution is -2.28. The van der Waals surface area contributed by atoms with Gasteiger partial charge < -0.3 is 0 Å². The summed E-state index contributed by atoms with van der Waals surface area (Å²) in [7, 11) is 0. The molecule has 0 saturated carbocycles. The van der Waals surface area contributed by atoms with E-state index >= 15 is 0 Å². The predicted octanol–water partition coefficient (Wildman–Crippen LogP) is 13.0. The smallest absolute Gasteiger partial charge is 0.155 e. The van der Waals surface area contributed by atoms with E-state index in [9.17, 15) is 0 Å². The van der Waals surface area contributed by atoms with E-state index in [1.165, 1.54) is 60.0 Å². The van der Waals surface area contributed by atoms with Crippen molar-refractivity contribution in [2.75, 3.05) is 0 Å². The molecule has 2 unspecified atom stereocenters. The summed E-state index contributed by atoms with van der Waals surface area (Å²) in [4.78, 5) is 15.3. The lowest BCUT2D eigenvalue weighted by atomic mass is 9.82. The highest BCUT2D eigenvalue weighted by molar-refractivity contribution is 6.21. The molecule has 0 spiro atoms. The van der Waals surface area contributed by atoms with Gasteiger partial charge in [0.2, 0.25) is 0 Å². The summed E-state index contributed by atoms with van der Waals surface area (Å²) >= 11 is 0. The number of pyridine rings is 1. The van der Waals surface area contributed by atoms with Gasteiger partial charge in [0.15, 0.2) is 5.84 Å². The average molecular weight is 692 g/mol. The Hall–Kier alpha value is -6.71. The normalized spacial score (nSPS) is 15.8. The SMILES string of the molecule is CCC1C(c2ccc(-c3cc4c5ccccc5ccc4c4ccncc34)cc2)=NC(c2ccc(-c3cccc4ccccc34)cc2)=NC1c1ccccc1. The third-order valence-corrected chi connectivity index (χ3v) is 11.2. The van der Waals surface area contributed by atoms with Crippen LogP contribution in [0.5, 0.6) is 0 Å². The van der Waals surface area contributed by atoms with Crippen molar-refractivity contribution in [2.24, 2.45) is 15.9 Å². The molecular weight excluding hydrogens is 655 g/mol. The van der Waals surface area contributed by atoms with Crippen LogP contribution in [0.3, 0.4) is 0 Å². The largest absolute Gasteiger partial charge is 0.264 e. The highest BCUT2D eigenvalue weighted by Crippen LogP contribution is 2.40. The first-order valence-electron chi connectivity index (χ1n) is 18.8. The van der Waals surface area contributed by atoms with Crippen molar-refractivity contribution in [3.8, 4) is 22.3 Å². The summed E-state index contributed by atoms with van der Waals surface area (Å²) in [6, 6.07) is 61.1. The minimum absolute atomic E-state index is 0.0418. The molecule has 8 aromatic carbocycles. The number of fused-ring (bicyclic) bond motifs is 6. The number of hydrogen-bond acceptors (Lipinski definition) is 3. The fourth-order valence-corrected chi connectivity index (χ4v) is 8.48. The van der Waals surface area contributed by atoms with Crippen molar-refractivity contribution >= 4 is 54.6 Å². The van der Waals surface area contributed by atoms with E-state index < -0.39 is 0 Å². The van der Waals surface area contributed by atoms with Crippen LogP contribution in [-0.4, -0.2) is 16.5 Å². The quantitative estimate of drug-likeness (QED) is 0.160. The van der Waals surface area contributed by atoms with Crippen molar-refractivity contribution in [1.82, 2.24) is 4.98 Å². The zero-order chi connectivity index (χ0) is 36.0. The van der Waals surface area contributed by atoms with Crippen molar-refractivity contribution in [2.45, 2.75) is 19.4 Å². The van der Waals surface area contributed by atoms with Crippen LogP contribution in [0, 0.1) is 5.92 Å². The van der Waals surface area contributed by atoms with E-state index in [4.69, 9.17) is 9.98 Å². The van der Waals surface area contributed by atoms with Crippen molar-refractivity contribution in [1.29, 1.82) is 0 Å². The minimum Gasteiger partial charge on any atom is -0.264 e. The molecular formula is C51H37N3. The molecule has 0 aliphatic carbocycles. The molecule has 9 aromatic rings. The Morgan fingerprint density at radius 1 is 0.463 bits per heavy atom. The molecule has 0 N–H and O–H groups in total. The molecule has 3 heteroatoms. The summed E-state index contributed by atoms with van der Waals surface area (Å²) in [6.07, 6.45) is 4.82. The number of aromatic nitrogens is 1. The summed E-state index contributed by atoms with van der Waals surface area (Å²) in [5, 5.41) is 9.87. The van der Waals surface area contributed by atoms with E-state index in [1.54, 1.807) is 0 Å². The average Bonchev–Trinajstić information content (AvgIpc) is 3.25. The Bertz CT molecular complexity index is 2900. The van der Waals surface area contributed by atoms with Crippen LogP contribution in [-0.2, 0) is 0 Å². The Morgan fingerprint density at radius 3 is 1.87 bits per heavy atom. The van der Waals surface area contributed by atoms with E-state index in [0.29, 0.717) is 0 Å². The van der Waals surface area contributed by atoms with E-state index in [0.717, 1.165) is 40.0 Å². The minimum atomic E-state index is -0.0418. The Morgan fingerprint density at radius 2 is 1.09 bits per heavy atom. The molecule has 10 rings (SSSR count). The third kappa shape index (κ3) is 5.48. The fourth-order valence-electron chi connectivity index (χ4n) is 8.48. The molecule has 2 heterocycles. The van der Waals surface area contributed by atoms with Crippen LogP contribution in [0.2, 0.25) is 0 Å². The standard InChI is InChI=1S/C51H37N3/c1-2-40-49(37-13-4-3-5-14-37)53-51(39-25-21-35(22-26-39)42-18-10-15-33-11-6-8-16-41(33)42)54-50(40)38-23-19-36(20-24-38)46-31-47-43-17-9-7-12-34(43)27-28-44(47)45-29-30-52-32-48(45)46/h3-32,40,49H,2H2,1H3. The van der Waals surface area contributed by atoms with E-state index in [1.807, 2.05) is 12.4 Å². The second-order valence-corrected chi connectivity index (χ2v) is 14.2. The number of rotatable bonds is 6. The molecule has 3 nitrogen and oxygen atoms in total. The second kappa shape index (κ2) is 13.4. The Kier molecular flexibility index (Phi) is 7.91. The van der Waals surface area contributed by atoms with Crippen LogP contribution in [0.15, 0.2) is 192 Å². The zero-order valence-corrected chi connectivity index (χ0v) is 30.0. The van der Waals surface area contributed by atoms with Gasteiger partial charge in [-0.1, -0.05) is 165 Å². The first kappa shape index (κ1) is 32.0. The first-order valence-corrected chi connectivity index (χ1v) is 18.8. The molecule has 0 radical (unpaired) electrons. The highest BCUT2D eigenvalue weighted by Gasteiger charge is 2.31. The van der Waals surface area contributed by atoms with Crippen LogP contribution < -0.4 is 0 Å². The first-order chi connectivity index (χ1) is 26.7. The maximum Gasteiger partial charge on any atom is 0.155 e. The lowest BCUT2D eigenvalue weighted by molar-refractivity contribution is 0.532. The van der Waals surface area contributed by atoms with Crippen LogP contribution in [0.4, 0.5) is 0 Å². The molecule has 0 bridgehead atoms. The fraction of sp³-hybridized carbons (Fsp3) is 0.0784. The van der Waals surface area contributed by atoms with Gasteiger partial charge in [-0.15, -0.1) is 0 Å². The van der Waals surface area contributed by atoms with Crippen LogP contribution >= 0.6 is 0 Å². The summed E-state index contributed by atoms with van der Waals surface area (Å²) in [5.41, 5.74) is 9.19. The number of nitrogens with zero attached hydrogens (tertiary/aromatic N) is 3. The summed E-state index contributed by atoms with van der Waals surface area (Å²) < 4.78 is 0. The van der Waals surface area contributed by atoms with Gasteiger partial charge in [-0.3, -0.25) is 9.98 Å². The predicted molar refractivity (Wildman–Crippen MR) is 228 cm³/mol. The molecule has 54 heavy (non-hydrogen) atoms. The van der Waals surface area contributed by atoms with E-state index in [2.05, 4.69) is 182 Å². The summed E-state index contributed by atoms with van der Waals surface area (Å²) in [6.45, 7) is 2.25. The lowest BCUT2D eigenvalue weighted by Gasteiger charge is -2.30. The van der Waals surface area contributed by atoms with Crippen molar-refractivity contribution in [3.05, 3.63) is 199 Å². The van der Waals surface area contributed by atoms with Gasteiger partial charge in [0.25, 0.3) is 0 Å². The molecule has 1 aromatic heterocycles. The number of amidine groups is 1. The van der Waals surface area contributed by atoms with E-state index in [-0.39, 0.29) is 12.0 Å². The second-order valence-electron chi connectivity index (χ2n) is 14.2. The third-order valence-electron chi connectivity index (χ3n) is 11.2. The van der Waals surface area contributed by atoms with Gasteiger partial charge in [0.1, 0.15) is 0 Å². The van der Waals surface area contributed by atoms with Crippen LogP contribution in [0.25, 0.3) is 65.3 Å². The molecule has 1 aliphatic heterocycles. The number of benzene rings is 8. The maximum absolute atomic E-state index is 5.39. The number of hydrogen-bond donors (Lipinski definition) is 0. The molecule has 0 saturated heterocycles. The molecule has 2 atom stereocenters. The van der Waals surface area contributed by atoms with Gasteiger partial charge in [-0.25, -0.2) is 4.99 Å². The van der Waals surface area contributed by atoms with Gasteiger partial charge >= 0.3 is 0 Å². The molecule has 1 aliphatic rings. The zero-order valence-electron chi connectivity index (χ0n) is 30.0. The number of aliphatic imine (C=N–C) groups is 2. The Labute approximate surface area is 315 Å². The topological polar surface area (TPSA) is 37.6 Å². The van der Waals surface area contributed by atoms with Crippen LogP contribution in [0.1, 0.15) is 36.1 Å². The van der Waals surface area contributed by atoms with Gasteiger partial charge in [0, 0.05) is 29.3 Å². The van der Waals surface area contributed by atoms with Gasteiger partial charge in [0.05, 0.1) is 11.8 Å². The molecule has 0 fully saturated rings. The van der Waals surface area contributed by atoms with Crippen molar-refractivity contribution < 1.29 is 0 Å². The summed E-state index contributed by atoms with van der Waals surface area (Å²) in [5.74, 6) is 0.907. The van der Waals surface area contributed by atoms with Gasteiger partial charge in [-0.05, 0) is 89.6 Å². The molecule has 0 amide bonds. The van der Waals surface area contributed by atoms with Crippen molar-refractivity contribution in [3.63, 3.8) is 0 Å². The Balaban J connectivity index is 1.07.